The van der Waals surface area contributed by atoms with Gasteiger partial charge < -0.3 is 11.5 Å². The topological polar surface area (TPSA) is 82.0 Å². The van der Waals surface area contributed by atoms with Crippen LogP contribution in [0.1, 0.15) is 10.5 Å². The van der Waals surface area contributed by atoms with Crippen LogP contribution in [0.5, 0.6) is 0 Å². The van der Waals surface area contributed by atoms with E-state index in [0.717, 1.165) is 4.90 Å². The highest BCUT2D eigenvalue weighted by Crippen LogP contribution is 2.31. The third-order valence-corrected chi connectivity index (χ3v) is 3.40. The van der Waals surface area contributed by atoms with E-state index < -0.39 is 5.91 Å². The zero-order valence-electron chi connectivity index (χ0n) is 9.26. The lowest BCUT2D eigenvalue weighted by Gasteiger charge is -2.06. The van der Waals surface area contributed by atoms with Crippen LogP contribution in [0.4, 0.5) is 5.69 Å². The lowest BCUT2D eigenvalue weighted by molar-refractivity contribution is 0.0995. The van der Waals surface area contributed by atoms with E-state index in [1.807, 2.05) is 12.1 Å². The van der Waals surface area contributed by atoms with Crippen LogP contribution in [0.2, 0.25) is 5.02 Å². The Kier molecular flexibility index (Phi) is 3.74. The number of benzene rings is 1. The zero-order valence-corrected chi connectivity index (χ0v) is 10.8. The predicted octanol–water partition coefficient (Wildman–Crippen LogP) is 2.57. The van der Waals surface area contributed by atoms with Crippen LogP contribution in [-0.4, -0.2) is 10.9 Å². The minimum Gasteiger partial charge on any atom is -0.397 e. The molecule has 2 rings (SSSR count). The third-order valence-electron chi connectivity index (χ3n) is 2.15. The minimum atomic E-state index is -0.581. The predicted molar refractivity (Wildman–Crippen MR) is 72.7 cm³/mol. The Hall–Kier alpha value is -1.72. The van der Waals surface area contributed by atoms with Crippen molar-refractivity contribution in [1.29, 1.82) is 0 Å². The van der Waals surface area contributed by atoms with Crippen LogP contribution in [0.25, 0.3) is 0 Å². The molecule has 0 spiro atoms. The molecule has 1 aromatic carbocycles. The summed E-state index contributed by atoms with van der Waals surface area (Å²) >= 11 is 7.23. The van der Waals surface area contributed by atoms with Crippen molar-refractivity contribution in [3.8, 4) is 0 Å². The summed E-state index contributed by atoms with van der Waals surface area (Å²) in [5.41, 5.74) is 11.7. The Morgan fingerprint density at radius 2 is 2.06 bits per heavy atom. The van der Waals surface area contributed by atoms with E-state index in [0.29, 0.717) is 15.7 Å². The fourth-order valence-electron chi connectivity index (χ4n) is 1.31. The van der Waals surface area contributed by atoms with E-state index in [4.69, 9.17) is 23.1 Å². The van der Waals surface area contributed by atoms with E-state index in [1.165, 1.54) is 17.8 Å². The van der Waals surface area contributed by atoms with Crippen molar-refractivity contribution in [3.63, 3.8) is 0 Å². The van der Waals surface area contributed by atoms with Gasteiger partial charge in [-0.1, -0.05) is 29.4 Å². The van der Waals surface area contributed by atoms with Crippen molar-refractivity contribution >= 4 is 35.0 Å². The molecule has 0 bridgehead atoms. The maximum Gasteiger partial charge on any atom is 0.267 e. The molecule has 0 atom stereocenters. The Bertz CT molecular complexity index is 604. The van der Waals surface area contributed by atoms with Gasteiger partial charge >= 0.3 is 0 Å². The average molecular weight is 280 g/mol. The molecule has 1 aromatic heterocycles. The second-order valence-corrected chi connectivity index (χ2v) is 5.01. The molecule has 1 amide bonds. The first-order valence-corrected chi connectivity index (χ1v) is 6.25. The van der Waals surface area contributed by atoms with Gasteiger partial charge in [-0.3, -0.25) is 4.79 Å². The number of nitrogens with two attached hydrogens (primary N) is 2. The van der Waals surface area contributed by atoms with E-state index in [9.17, 15) is 4.79 Å². The number of pyridine rings is 1. The number of primary amides is 1. The number of anilines is 1. The molecule has 1 heterocycles. The summed E-state index contributed by atoms with van der Waals surface area (Å²) in [6, 6.07) is 10.4. The van der Waals surface area contributed by atoms with Gasteiger partial charge in [-0.15, -0.1) is 0 Å². The normalized spacial score (nSPS) is 10.3. The molecular weight excluding hydrogens is 270 g/mol. The van der Waals surface area contributed by atoms with Crippen molar-refractivity contribution in [2.24, 2.45) is 5.73 Å². The van der Waals surface area contributed by atoms with Crippen molar-refractivity contribution in [2.45, 2.75) is 9.92 Å². The third kappa shape index (κ3) is 2.94. The lowest BCUT2D eigenvalue weighted by atomic mass is 10.3. The van der Waals surface area contributed by atoms with E-state index in [-0.39, 0.29) is 5.69 Å². The molecule has 0 fully saturated rings. The number of rotatable bonds is 3. The van der Waals surface area contributed by atoms with Gasteiger partial charge in [-0.2, -0.15) is 0 Å². The first-order chi connectivity index (χ1) is 8.56. The van der Waals surface area contributed by atoms with Gasteiger partial charge in [-0.05, 0) is 30.3 Å². The van der Waals surface area contributed by atoms with Crippen LogP contribution in [0, 0.1) is 0 Å². The molecule has 92 valence electrons. The Morgan fingerprint density at radius 1 is 1.28 bits per heavy atom. The number of carbonyl (C=O) groups excluding carboxylic acids is 1. The smallest absolute Gasteiger partial charge is 0.267 e. The maximum atomic E-state index is 11.1. The van der Waals surface area contributed by atoms with Gasteiger partial charge in [0.2, 0.25) is 0 Å². The van der Waals surface area contributed by atoms with Gasteiger partial charge in [0, 0.05) is 9.92 Å². The Balaban J connectivity index is 2.33. The Labute approximate surface area is 113 Å². The van der Waals surface area contributed by atoms with Crippen LogP contribution >= 0.6 is 23.4 Å². The second kappa shape index (κ2) is 5.29. The van der Waals surface area contributed by atoms with Gasteiger partial charge in [-0.25, -0.2) is 4.98 Å². The standard InChI is InChI=1S/C12H10ClN3OS/c13-7-2-1-3-8(6-7)18-12-9(14)4-5-10(16-12)11(15)17/h1-6H,14H2,(H2,15,17). The zero-order chi connectivity index (χ0) is 13.1. The number of halogens is 1. The Morgan fingerprint density at radius 3 is 2.72 bits per heavy atom. The summed E-state index contributed by atoms with van der Waals surface area (Å²) < 4.78 is 0. The highest BCUT2D eigenvalue weighted by Gasteiger charge is 2.08. The molecule has 4 N–H and O–H groups in total. The minimum absolute atomic E-state index is 0.189. The molecule has 0 aliphatic rings. The van der Waals surface area contributed by atoms with Crippen LogP contribution in [-0.2, 0) is 0 Å². The highest BCUT2D eigenvalue weighted by atomic mass is 35.5. The molecular formula is C12H10ClN3OS. The first kappa shape index (κ1) is 12.7. The number of nitrogens with zero attached hydrogens (tertiary/aromatic N) is 1. The second-order valence-electron chi connectivity index (χ2n) is 3.51. The summed E-state index contributed by atoms with van der Waals surface area (Å²) in [6.45, 7) is 0. The first-order valence-electron chi connectivity index (χ1n) is 5.06. The fourth-order valence-corrected chi connectivity index (χ4v) is 2.45. The van der Waals surface area contributed by atoms with E-state index in [1.54, 1.807) is 18.2 Å². The number of carbonyl (C=O) groups is 1. The van der Waals surface area contributed by atoms with Crippen molar-refractivity contribution < 1.29 is 4.79 Å². The number of hydrogen-bond acceptors (Lipinski definition) is 4. The molecule has 0 aliphatic carbocycles. The molecule has 4 nitrogen and oxygen atoms in total. The van der Waals surface area contributed by atoms with Crippen molar-refractivity contribution in [1.82, 2.24) is 4.98 Å². The number of aromatic nitrogens is 1. The molecule has 0 saturated heterocycles. The van der Waals surface area contributed by atoms with Gasteiger partial charge in [0.05, 0.1) is 5.69 Å². The highest BCUT2D eigenvalue weighted by molar-refractivity contribution is 7.99. The van der Waals surface area contributed by atoms with E-state index in [2.05, 4.69) is 4.98 Å². The van der Waals surface area contributed by atoms with Crippen molar-refractivity contribution in [3.05, 3.63) is 47.1 Å². The maximum absolute atomic E-state index is 11.1. The van der Waals surface area contributed by atoms with Gasteiger partial charge in [0.25, 0.3) is 5.91 Å². The quantitative estimate of drug-likeness (QED) is 0.905. The molecule has 0 radical (unpaired) electrons. The molecule has 2 aromatic rings. The SMILES string of the molecule is NC(=O)c1ccc(N)c(Sc2cccc(Cl)c2)n1. The number of nitrogen functional groups attached to an aromatic ring is 1. The fraction of sp³-hybridized carbons (Fsp3) is 0. The summed E-state index contributed by atoms with van der Waals surface area (Å²) in [5.74, 6) is -0.581. The largest absolute Gasteiger partial charge is 0.397 e. The molecule has 18 heavy (non-hydrogen) atoms. The lowest BCUT2D eigenvalue weighted by Crippen LogP contribution is -2.13. The molecule has 0 saturated carbocycles. The van der Waals surface area contributed by atoms with Crippen LogP contribution in [0.15, 0.2) is 46.3 Å². The van der Waals surface area contributed by atoms with E-state index >= 15 is 0 Å². The monoisotopic (exact) mass is 279 g/mol. The summed E-state index contributed by atoms with van der Waals surface area (Å²) in [4.78, 5) is 16.1. The van der Waals surface area contributed by atoms with Crippen LogP contribution in [0.3, 0.4) is 0 Å². The molecule has 0 unspecified atom stereocenters. The number of amides is 1. The average Bonchev–Trinajstić information content (AvgIpc) is 2.31. The summed E-state index contributed by atoms with van der Waals surface area (Å²) in [6.07, 6.45) is 0. The van der Waals surface area contributed by atoms with Crippen LogP contribution < -0.4 is 11.5 Å². The summed E-state index contributed by atoms with van der Waals surface area (Å²) in [5, 5.41) is 1.16. The summed E-state index contributed by atoms with van der Waals surface area (Å²) in [7, 11) is 0. The van der Waals surface area contributed by atoms with Crippen molar-refractivity contribution in [2.75, 3.05) is 5.73 Å². The molecule has 0 aliphatic heterocycles. The van der Waals surface area contributed by atoms with Gasteiger partial charge in [0.1, 0.15) is 10.7 Å². The van der Waals surface area contributed by atoms with Gasteiger partial charge in [0.15, 0.2) is 0 Å². The number of hydrogen-bond donors (Lipinski definition) is 2. The molecule has 6 heteroatoms.